The predicted molar refractivity (Wildman–Crippen MR) is 327 cm³/mol. The fraction of sp³-hybridized carbons (Fsp3) is 0.714. The van der Waals surface area contributed by atoms with Crippen LogP contribution in [0.2, 0.25) is 0 Å². The van der Waals surface area contributed by atoms with Crippen LogP contribution in [0.4, 0.5) is 0 Å². The number of nitrogens with zero attached hydrogens (tertiary/aromatic N) is 6. The van der Waals surface area contributed by atoms with E-state index in [1.54, 1.807) is 63.1 Å². The van der Waals surface area contributed by atoms with Crippen LogP contribution in [0, 0.1) is 108 Å². The van der Waals surface area contributed by atoms with Crippen LogP contribution < -0.4 is 0 Å². The Bertz CT molecular complexity index is 806. The summed E-state index contributed by atoms with van der Waals surface area (Å²) in [5.41, 5.74) is 1.89. The summed E-state index contributed by atoms with van der Waals surface area (Å²) in [5, 5.41) is 20.9. The molecule has 6 aliphatic carbocycles. The van der Waals surface area contributed by atoms with Crippen molar-refractivity contribution in [2.24, 2.45) is 23.7 Å². The molecule has 0 unspecified atom stereocenters. The Morgan fingerprint density at radius 3 is 0.507 bits per heavy atom. The van der Waals surface area contributed by atoms with Crippen molar-refractivity contribution in [1.29, 1.82) is 0 Å². The number of allylic oxidation sites excluding steroid dienone is 3. The number of hydrogen-bond acceptors (Lipinski definition) is 0. The second-order valence-corrected chi connectivity index (χ2v) is 17.2. The third kappa shape index (κ3) is 148. The van der Waals surface area contributed by atoms with Gasteiger partial charge >= 0.3 is 98.9 Å². The van der Waals surface area contributed by atoms with Crippen molar-refractivity contribution in [3.8, 4) is 0 Å². The molecule has 0 bridgehead atoms. The molecule has 6 fully saturated rings. The quantitative estimate of drug-likeness (QED) is 0.171. The van der Waals surface area contributed by atoms with Crippen LogP contribution in [0.15, 0.2) is 35.7 Å². The van der Waals surface area contributed by atoms with Gasteiger partial charge in [-0.3, -0.25) is 0 Å². The average molecular weight is 1320 g/mol. The van der Waals surface area contributed by atoms with Crippen LogP contribution in [-0.2, 0) is 98.9 Å². The van der Waals surface area contributed by atoms with Gasteiger partial charge in [0.25, 0.3) is 0 Å². The SMILES string of the molecule is C1CCCC1.C1CCCC1.CC1CCCC1.CC1CCCC1.CCC1CCCC1.CCC1CCCC1.[CH-]=C(C)[N-]C.[CH-]=C(C)[N-]C.[CH-]=C(C)[N-]C.[CH-]=C[N-]C.[CH-]=C[N-]C.[CH-]=C[N-]C.[CH3-].[CH3-].[CH3-].[CH3-].[CH3-].[CH3-].[Ni+3].[Ni+3].[Ni+3].[Ni+3].[Ni+3].[Ni+3]. The van der Waals surface area contributed by atoms with E-state index in [2.05, 4.69) is 59.6 Å². The molecule has 468 valence electrons. The van der Waals surface area contributed by atoms with Gasteiger partial charge in [-0.2, -0.15) is 0 Å². The minimum absolute atomic E-state index is 0. The molecule has 0 atom stereocenters. The molecule has 0 amide bonds. The first-order chi connectivity index (χ1) is 30.2. The fourth-order valence-electron chi connectivity index (χ4n) is 6.86. The van der Waals surface area contributed by atoms with E-state index in [0.29, 0.717) is 17.1 Å². The largest absolute Gasteiger partial charge is 3.00 e. The van der Waals surface area contributed by atoms with Gasteiger partial charge in [0, 0.05) is 0 Å². The third-order valence-corrected chi connectivity index (χ3v) is 11.4. The van der Waals surface area contributed by atoms with Crippen LogP contribution in [0.25, 0.3) is 31.9 Å². The van der Waals surface area contributed by atoms with Gasteiger partial charge < -0.3 is 152 Å². The van der Waals surface area contributed by atoms with Gasteiger partial charge in [0.15, 0.2) is 0 Å². The van der Waals surface area contributed by atoms with E-state index in [9.17, 15) is 0 Å². The first kappa shape index (κ1) is 127. The molecule has 0 saturated heterocycles. The van der Waals surface area contributed by atoms with E-state index >= 15 is 0 Å². The standard InChI is InChI=1S/2C7H14.2C6H12.2C5H10.3C4H7N.3C3H5N.6CH3.6Ni/c2*1-2-7-5-3-4-6-7;2*1-6-4-2-3-5-6;2*1-2-4-5-3-1;3*1-4(2)5-3;3*1-3-4-2;;;;;;;;;;;;/h2*7H,2-6H2,1H3;2*6H,2-5H2,1H3;2*1-5H2;3*1H,2-3H3;3*1,3H,2H3;6*1H3;;;;;;/q;;;;;;6*-2;6*-1;6*+3. The molecule has 6 radical (unpaired) electrons. The van der Waals surface area contributed by atoms with E-state index in [0.717, 1.165) is 23.7 Å². The Morgan fingerprint density at radius 1 is 0.333 bits per heavy atom. The molecule has 0 aromatic carbocycles. The second kappa shape index (κ2) is 117. The topological polar surface area (TPSA) is 84.6 Å². The van der Waals surface area contributed by atoms with E-state index in [-0.39, 0.29) is 144 Å². The molecule has 0 aliphatic heterocycles. The van der Waals surface area contributed by atoms with Gasteiger partial charge in [-0.1, -0.05) is 228 Å². The van der Waals surface area contributed by atoms with Gasteiger partial charge in [0.1, 0.15) is 0 Å². The summed E-state index contributed by atoms with van der Waals surface area (Å²) in [4.78, 5) is 0. The van der Waals surface area contributed by atoms with E-state index in [1.165, 1.54) is 198 Å². The molecule has 6 saturated carbocycles. The zero-order valence-corrected chi connectivity index (χ0v) is 58.3. The van der Waals surface area contributed by atoms with Gasteiger partial charge in [-0.25, -0.2) is 0 Å². The first-order valence-electron chi connectivity index (χ1n) is 25.1. The average Bonchev–Trinajstić information content (AvgIpc) is 4.16. The Labute approximate surface area is 540 Å². The van der Waals surface area contributed by atoms with Crippen LogP contribution >= 0.6 is 0 Å². The van der Waals surface area contributed by atoms with Crippen LogP contribution in [0.5, 0.6) is 0 Å². The van der Waals surface area contributed by atoms with Crippen molar-refractivity contribution in [2.45, 2.75) is 228 Å². The Morgan fingerprint density at radius 2 is 0.453 bits per heavy atom. The van der Waals surface area contributed by atoms with Crippen LogP contribution in [0.3, 0.4) is 0 Å². The zero-order chi connectivity index (χ0) is 49.2. The van der Waals surface area contributed by atoms with Crippen molar-refractivity contribution >= 4 is 0 Å². The van der Waals surface area contributed by atoms with E-state index in [1.807, 2.05) is 0 Å². The molecule has 0 N–H and O–H groups in total. The minimum atomic E-state index is 0. The Hall–Kier alpha value is 0.201. The van der Waals surface area contributed by atoms with Crippen molar-refractivity contribution < 1.29 is 98.9 Å². The molecule has 0 spiro atoms. The summed E-state index contributed by atoms with van der Waals surface area (Å²) >= 11 is 0. The minimum Gasteiger partial charge on any atom is -0.723 e. The van der Waals surface area contributed by atoms with Crippen molar-refractivity contribution in [3.05, 3.63) is 152 Å². The van der Waals surface area contributed by atoms with Crippen LogP contribution in [0.1, 0.15) is 228 Å². The smallest absolute Gasteiger partial charge is 0.723 e. The maximum atomic E-state index is 5.04. The zero-order valence-electron chi connectivity index (χ0n) is 52.4. The van der Waals surface area contributed by atoms with Gasteiger partial charge in [0.05, 0.1) is 0 Å². The fourth-order valence-corrected chi connectivity index (χ4v) is 6.86. The summed E-state index contributed by atoms with van der Waals surface area (Å²) in [6, 6.07) is 0. The van der Waals surface area contributed by atoms with Crippen molar-refractivity contribution in [3.63, 3.8) is 0 Å². The summed E-state index contributed by atoms with van der Waals surface area (Å²) in [7, 11) is 9.86. The molecule has 0 aromatic rings. The van der Waals surface area contributed by atoms with Gasteiger partial charge in [-0.05, 0) is 23.7 Å². The normalized spacial score (nSPS) is 13.9. The molecular weight excluding hydrogens is 1190 g/mol. The van der Waals surface area contributed by atoms with E-state index in [4.69, 9.17) is 39.5 Å². The predicted octanol–water partition coefficient (Wildman–Crippen LogP) is 22.9. The maximum Gasteiger partial charge on any atom is 3.00 e. The van der Waals surface area contributed by atoms with Crippen molar-refractivity contribution in [2.75, 3.05) is 42.3 Å². The van der Waals surface area contributed by atoms with E-state index < -0.39 is 0 Å². The van der Waals surface area contributed by atoms with Gasteiger partial charge in [0.2, 0.25) is 0 Å². The monoisotopic (exact) mass is 1310 g/mol. The van der Waals surface area contributed by atoms with Crippen molar-refractivity contribution in [1.82, 2.24) is 0 Å². The molecule has 0 aromatic heterocycles. The van der Waals surface area contributed by atoms with Gasteiger partial charge in [-0.15, -0.1) is 42.3 Å². The number of rotatable bonds is 8. The molecule has 75 heavy (non-hydrogen) atoms. The molecular formula is C63H126N6Ni6. The number of hydrogen-bond donors (Lipinski definition) is 0. The maximum absolute atomic E-state index is 5.04. The molecule has 0 heterocycles. The molecule has 6 aliphatic rings. The first-order valence-corrected chi connectivity index (χ1v) is 25.1. The summed E-state index contributed by atoms with van der Waals surface area (Å²) in [5.74, 6) is 4.29. The molecule has 6 nitrogen and oxygen atoms in total. The Balaban J connectivity index is -0.0000000292. The Kier molecular flexibility index (Phi) is 198. The summed E-state index contributed by atoms with van der Waals surface area (Å²) in [6.07, 6.45) is 45.5. The molecule has 6 rings (SSSR count). The summed E-state index contributed by atoms with van der Waals surface area (Å²) < 4.78 is 0. The third-order valence-electron chi connectivity index (χ3n) is 11.4. The second-order valence-electron chi connectivity index (χ2n) is 17.2. The summed E-state index contributed by atoms with van der Waals surface area (Å²) in [6.45, 7) is 43.9. The van der Waals surface area contributed by atoms with Crippen LogP contribution in [-0.4, -0.2) is 42.3 Å². The molecule has 12 heteroatoms.